The van der Waals surface area contributed by atoms with Gasteiger partial charge in [0.15, 0.2) is 0 Å². The van der Waals surface area contributed by atoms with Crippen LogP contribution in [0.3, 0.4) is 0 Å². The molecule has 0 radical (unpaired) electrons. The molecule has 1 N–H and O–H groups in total. The molecule has 3 saturated heterocycles. The molecule has 3 aliphatic heterocycles. The highest BCUT2D eigenvalue weighted by molar-refractivity contribution is 5.95. The van der Waals surface area contributed by atoms with Crippen LogP contribution < -0.4 is 10.2 Å². The Balaban J connectivity index is 0.00000121. The Morgan fingerprint density at radius 2 is 1.81 bits per heavy atom. The van der Waals surface area contributed by atoms with Crippen molar-refractivity contribution in [2.24, 2.45) is 0 Å². The van der Waals surface area contributed by atoms with E-state index in [9.17, 15) is 4.79 Å². The van der Waals surface area contributed by atoms with E-state index in [1.165, 1.54) is 12.8 Å². The van der Waals surface area contributed by atoms with Crippen molar-refractivity contribution in [3.05, 3.63) is 23.9 Å². The average Bonchev–Trinajstić information content (AvgIpc) is 2.94. The molecule has 2 atom stereocenters. The summed E-state index contributed by atoms with van der Waals surface area (Å²) in [6.07, 6.45) is 5.30. The van der Waals surface area contributed by atoms with Gasteiger partial charge in [-0.1, -0.05) is 0 Å². The Morgan fingerprint density at radius 3 is 2.58 bits per heavy atom. The molecule has 3 fully saturated rings. The molecule has 2 unspecified atom stereocenters. The lowest BCUT2D eigenvalue weighted by Gasteiger charge is -2.33. The van der Waals surface area contributed by atoms with Gasteiger partial charge in [-0.05, 0) is 38.4 Å². The van der Waals surface area contributed by atoms with Crippen molar-refractivity contribution in [1.29, 1.82) is 0 Å². The summed E-state index contributed by atoms with van der Waals surface area (Å²) in [5.74, 6) is 1.09. The molecule has 1 aromatic rings. The minimum absolute atomic E-state index is 0. The molecule has 4 heterocycles. The number of carbonyl (C=O) groups is 1. The summed E-state index contributed by atoms with van der Waals surface area (Å²) in [6.45, 7) is 5.72. The van der Waals surface area contributed by atoms with E-state index < -0.39 is 0 Å². The van der Waals surface area contributed by atoms with Gasteiger partial charge in [0.1, 0.15) is 5.82 Å². The smallest absolute Gasteiger partial charge is 0.254 e. The summed E-state index contributed by atoms with van der Waals surface area (Å²) in [6, 6.07) is 4.91. The summed E-state index contributed by atoms with van der Waals surface area (Å²) in [4.78, 5) is 24.1. The number of likely N-dealkylation sites (N-methyl/N-ethyl adjacent to an activating group) is 1. The number of rotatable bonds is 2. The minimum atomic E-state index is 0. The largest absolute Gasteiger partial charge is 0.354 e. The predicted octanol–water partition coefficient (Wildman–Crippen LogP) is 1.64. The van der Waals surface area contributed by atoms with Crippen LogP contribution in [0, 0.1) is 0 Å². The zero-order valence-corrected chi connectivity index (χ0v) is 16.9. The number of nitrogens with one attached hydrogen (secondary N) is 1. The molecule has 4 rings (SSSR count). The lowest BCUT2D eigenvalue weighted by atomic mass is 10.1. The first-order valence-corrected chi connectivity index (χ1v) is 9.14. The van der Waals surface area contributed by atoms with Gasteiger partial charge >= 0.3 is 0 Å². The maximum atomic E-state index is 13.0. The van der Waals surface area contributed by atoms with Gasteiger partial charge < -0.3 is 20.0 Å². The zero-order chi connectivity index (χ0) is 16.5. The standard InChI is InChI=1S/C18H27N5O.2ClH/c1-21-8-10-22(11-9-21)17-12-14(4-6-19-17)18(24)23-7-5-15-2-3-16(13-23)20-15;;/h4,6,12,15-16,20H,2-3,5,7-11,13H2,1H3;2*1H. The van der Waals surface area contributed by atoms with Gasteiger partial charge in [0.25, 0.3) is 5.91 Å². The van der Waals surface area contributed by atoms with Crippen molar-refractivity contribution in [3.8, 4) is 0 Å². The quantitative estimate of drug-likeness (QED) is 0.815. The number of amides is 1. The Labute approximate surface area is 168 Å². The number of anilines is 1. The third-order valence-electron chi connectivity index (χ3n) is 5.63. The van der Waals surface area contributed by atoms with Crippen molar-refractivity contribution < 1.29 is 4.79 Å². The van der Waals surface area contributed by atoms with Gasteiger partial charge in [0, 0.05) is 63.1 Å². The number of likely N-dealkylation sites (tertiary alicyclic amines) is 1. The molecule has 0 saturated carbocycles. The summed E-state index contributed by atoms with van der Waals surface area (Å²) >= 11 is 0. The third-order valence-corrected chi connectivity index (χ3v) is 5.63. The van der Waals surface area contributed by atoms with E-state index in [1.807, 2.05) is 17.0 Å². The molecule has 0 aromatic carbocycles. The fraction of sp³-hybridized carbons (Fsp3) is 0.667. The molecule has 6 nitrogen and oxygen atoms in total. The van der Waals surface area contributed by atoms with E-state index in [-0.39, 0.29) is 30.7 Å². The van der Waals surface area contributed by atoms with Crippen molar-refractivity contribution >= 4 is 36.5 Å². The number of hydrogen-bond donors (Lipinski definition) is 1. The highest BCUT2D eigenvalue weighted by Gasteiger charge is 2.31. The molecule has 0 aliphatic carbocycles. The second kappa shape index (κ2) is 9.22. The van der Waals surface area contributed by atoms with Gasteiger partial charge in [0.2, 0.25) is 0 Å². The van der Waals surface area contributed by atoms with Gasteiger partial charge in [0.05, 0.1) is 0 Å². The lowest BCUT2D eigenvalue weighted by molar-refractivity contribution is 0.0748. The normalized spacial score (nSPS) is 25.9. The van der Waals surface area contributed by atoms with Crippen LogP contribution >= 0.6 is 24.8 Å². The van der Waals surface area contributed by atoms with Crippen molar-refractivity contribution in [3.63, 3.8) is 0 Å². The molecule has 1 aromatic heterocycles. The van der Waals surface area contributed by atoms with Crippen LogP contribution in [0.5, 0.6) is 0 Å². The van der Waals surface area contributed by atoms with Crippen molar-refractivity contribution in [2.75, 3.05) is 51.2 Å². The Bertz CT molecular complexity index is 609. The number of piperazine rings is 1. The second-order valence-electron chi connectivity index (χ2n) is 7.37. The first kappa shape index (κ1) is 21.2. The fourth-order valence-corrected chi connectivity index (χ4v) is 4.07. The van der Waals surface area contributed by atoms with E-state index in [2.05, 4.69) is 27.1 Å². The first-order chi connectivity index (χ1) is 11.7. The Morgan fingerprint density at radius 1 is 1.08 bits per heavy atom. The summed E-state index contributed by atoms with van der Waals surface area (Å²) in [5, 5.41) is 3.64. The summed E-state index contributed by atoms with van der Waals surface area (Å²) < 4.78 is 0. The molecule has 3 aliphatic rings. The summed E-state index contributed by atoms with van der Waals surface area (Å²) in [7, 11) is 2.14. The number of aromatic nitrogens is 1. The van der Waals surface area contributed by atoms with E-state index in [0.29, 0.717) is 12.1 Å². The second-order valence-corrected chi connectivity index (χ2v) is 7.37. The van der Waals surface area contributed by atoms with Crippen LogP contribution in [0.2, 0.25) is 0 Å². The molecular formula is C18H29Cl2N5O. The number of hydrogen-bond acceptors (Lipinski definition) is 5. The van der Waals surface area contributed by atoms with Crippen molar-refractivity contribution in [2.45, 2.75) is 31.3 Å². The number of nitrogens with zero attached hydrogens (tertiary/aromatic N) is 4. The number of halogens is 2. The minimum Gasteiger partial charge on any atom is -0.354 e. The maximum absolute atomic E-state index is 13.0. The molecule has 2 bridgehead atoms. The molecule has 8 heteroatoms. The van der Waals surface area contributed by atoms with Gasteiger partial charge in [-0.2, -0.15) is 0 Å². The Hall–Kier alpha value is -1.08. The number of carbonyl (C=O) groups excluding carboxylic acids is 1. The SMILES string of the molecule is CN1CCN(c2cc(C(=O)N3CCC4CCC(C3)N4)ccn2)CC1.Cl.Cl. The zero-order valence-electron chi connectivity index (χ0n) is 15.3. The summed E-state index contributed by atoms with van der Waals surface area (Å²) in [5.41, 5.74) is 0.775. The van der Waals surface area contributed by atoms with Crippen LogP contribution in [0.15, 0.2) is 18.3 Å². The monoisotopic (exact) mass is 401 g/mol. The van der Waals surface area contributed by atoms with Crippen LogP contribution in [0.25, 0.3) is 0 Å². The van der Waals surface area contributed by atoms with E-state index in [0.717, 1.165) is 57.1 Å². The Kier molecular flexibility index (Phi) is 7.52. The molecule has 0 spiro atoms. The topological polar surface area (TPSA) is 51.7 Å². The molecule has 1 amide bonds. The highest BCUT2D eigenvalue weighted by atomic mass is 35.5. The van der Waals surface area contributed by atoms with Crippen LogP contribution in [0.4, 0.5) is 5.82 Å². The molecule has 146 valence electrons. The van der Waals surface area contributed by atoms with E-state index in [4.69, 9.17) is 0 Å². The van der Waals surface area contributed by atoms with E-state index >= 15 is 0 Å². The molecule has 26 heavy (non-hydrogen) atoms. The van der Waals surface area contributed by atoms with E-state index in [1.54, 1.807) is 6.20 Å². The van der Waals surface area contributed by atoms with Crippen LogP contribution in [0.1, 0.15) is 29.6 Å². The third kappa shape index (κ3) is 4.60. The van der Waals surface area contributed by atoms with Gasteiger partial charge in [-0.15, -0.1) is 24.8 Å². The number of pyridine rings is 1. The van der Waals surface area contributed by atoms with Gasteiger partial charge in [-0.3, -0.25) is 4.79 Å². The average molecular weight is 402 g/mol. The maximum Gasteiger partial charge on any atom is 0.254 e. The fourth-order valence-electron chi connectivity index (χ4n) is 4.07. The van der Waals surface area contributed by atoms with Crippen LogP contribution in [-0.2, 0) is 0 Å². The number of fused-ring (bicyclic) bond motifs is 2. The predicted molar refractivity (Wildman–Crippen MR) is 109 cm³/mol. The van der Waals surface area contributed by atoms with Gasteiger partial charge in [-0.25, -0.2) is 4.98 Å². The highest BCUT2D eigenvalue weighted by Crippen LogP contribution is 2.22. The first-order valence-electron chi connectivity index (χ1n) is 9.14. The molecular weight excluding hydrogens is 373 g/mol. The van der Waals surface area contributed by atoms with Crippen molar-refractivity contribution in [1.82, 2.24) is 20.1 Å². The lowest BCUT2D eigenvalue weighted by Crippen LogP contribution is -2.45. The van der Waals surface area contributed by atoms with Crippen LogP contribution in [-0.4, -0.2) is 79.1 Å².